The van der Waals surface area contributed by atoms with Crippen molar-refractivity contribution < 1.29 is 14.5 Å². The zero-order valence-corrected chi connectivity index (χ0v) is 6.81. The molecule has 1 aromatic carbocycles. The van der Waals surface area contributed by atoms with E-state index in [9.17, 15) is 4.79 Å². The molecule has 0 radical (unpaired) electrons. The van der Waals surface area contributed by atoms with E-state index in [1.54, 1.807) is 13.0 Å². The highest BCUT2D eigenvalue weighted by molar-refractivity contribution is 5.94. The van der Waals surface area contributed by atoms with Gasteiger partial charge in [0.05, 0.1) is 5.56 Å². The van der Waals surface area contributed by atoms with Crippen LogP contribution in [-0.4, -0.2) is 21.4 Å². The van der Waals surface area contributed by atoms with Crippen molar-refractivity contribution in [2.24, 2.45) is 0 Å². The lowest BCUT2D eigenvalue weighted by atomic mass is 10.1. The first kappa shape index (κ1) is 7.72. The summed E-state index contributed by atoms with van der Waals surface area (Å²) < 4.78 is 4.49. The quantitative estimate of drug-likeness (QED) is 0.710. The van der Waals surface area contributed by atoms with Gasteiger partial charge in [-0.15, -0.1) is 0 Å². The van der Waals surface area contributed by atoms with Crippen LogP contribution >= 0.6 is 0 Å². The van der Waals surface area contributed by atoms with Crippen molar-refractivity contribution in [3.63, 3.8) is 0 Å². The largest absolute Gasteiger partial charge is 0.478 e. The van der Waals surface area contributed by atoms with E-state index >= 15 is 0 Å². The fraction of sp³-hybridized carbons (Fsp3) is 0.125. The third-order valence-electron chi connectivity index (χ3n) is 1.91. The zero-order valence-electron chi connectivity index (χ0n) is 6.81. The molecule has 5 nitrogen and oxygen atoms in total. The molecule has 0 amide bonds. The molecular weight excluding hydrogens is 172 g/mol. The molecule has 0 unspecified atom stereocenters. The van der Waals surface area contributed by atoms with Gasteiger partial charge >= 0.3 is 5.97 Å². The van der Waals surface area contributed by atoms with Crippen LogP contribution in [0.3, 0.4) is 0 Å². The Morgan fingerprint density at radius 1 is 1.46 bits per heavy atom. The highest BCUT2D eigenvalue weighted by atomic mass is 16.6. The van der Waals surface area contributed by atoms with Crippen molar-refractivity contribution in [2.45, 2.75) is 6.92 Å². The van der Waals surface area contributed by atoms with E-state index in [0.29, 0.717) is 16.6 Å². The van der Waals surface area contributed by atoms with Crippen LogP contribution in [0.4, 0.5) is 0 Å². The molecule has 1 N–H and O–H groups in total. The zero-order chi connectivity index (χ0) is 9.42. The number of benzene rings is 1. The van der Waals surface area contributed by atoms with E-state index < -0.39 is 5.97 Å². The average molecular weight is 178 g/mol. The van der Waals surface area contributed by atoms with Gasteiger partial charge in [0.25, 0.3) is 0 Å². The summed E-state index contributed by atoms with van der Waals surface area (Å²) in [6, 6.07) is 3.06. The molecule has 1 heterocycles. The molecule has 0 atom stereocenters. The summed E-state index contributed by atoms with van der Waals surface area (Å²) in [5.41, 5.74) is 1.87. The molecule has 0 saturated carbocycles. The van der Waals surface area contributed by atoms with Crippen LogP contribution in [0.2, 0.25) is 0 Å². The third-order valence-corrected chi connectivity index (χ3v) is 1.91. The van der Waals surface area contributed by atoms with Crippen LogP contribution in [0.25, 0.3) is 11.0 Å². The van der Waals surface area contributed by atoms with Gasteiger partial charge in [0, 0.05) is 0 Å². The van der Waals surface area contributed by atoms with Gasteiger partial charge < -0.3 is 5.11 Å². The minimum atomic E-state index is -0.970. The summed E-state index contributed by atoms with van der Waals surface area (Å²) in [6.45, 7) is 1.68. The molecule has 2 aromatic rings. The second-order valence-corrected chi connectivity index (χ2v) is 2.68. The molecule has 0 fully saturated rings. The van der Waals surface area contributed by atoms with Crippen LogP contribution < -0.4 is 0 Å². The normalized spacial score (nSPS) is 10.5. The van der Waals surface area contributed by atoms with Gasteiger partial charge in [0.2, 0.25) is 0 Å². The number of rotatable bonds is 1. The number of fused-ring (bicyclic) bond motifs is 1. The van der Waals surface area contributed by atoms with E-state index in [1.165, 1.54) is 6.07 Å². The maximum Gasteiger partial charge on any atom is 0.336 e. The molecule has 0 spiro atoms. The number of carboxylic acids is 1. The van der Waals surface area contributed by atoms with E-state index in [1.807, 2.05) is 0 Å². The van der Waals surface area contributed by atoms with Crippen LogP contribution in [0.1, 0.15) is 15.9 Å². The van der Waals surface area contributed by atoms with Crippen LogP contribution in [0.5, 0.6) is 0 Å². The second-order valence-electron chi connectivity index (χ2n) is 2.68. The van der Waals surface area contributed by atoms with Gasteiger partial charge in [0.1, 0.15) is 11.0 Å². The van der Waals surface area contributed by atoms with Crippen molar-refractivity contribution in [3.8, 4) is 0 Å². The lowest BCUT2D eigenvalue weighted by molar-refractivity contribution is 0.0696. The molecule has 13 heavy (non-hydrogen) atoms. The summed E-state index contributed by atoms with van der Waals surface area (Å²) in [7, 11) is 0. The van der Waals surface area contributed by atoms with E-state index in [0.717, 1.165) is 0 Å². The lowest BCUT2D eigenvalue weighted by Gasteiger charge is -1.97. The molecule has 0 aliphatic heterocycles. The van der Waals surface area contributed by atoms with Crippen molar-refractivity contribution in [2.75, 3.05) is 0 Å². The van der Waals surface area contributed by atoms with Crippen LogP contribution in [0.15, 0.2) is 16.8 Å². The fourth-order valence-corrected chi connectivity index (χ4v) is 1.21. The Morgan fingerprint density at radius 3 is 2.92 bits per heavy atom. The predicted molar refractivity (Wildman–Crippen MR) is 43.5 cm³/mol. The summed E-state index contributed by atoms with van der Waals surface area (Å²) >= 11 is 0. The van der Waals surface area contributed by atoms with Crippen LogP contribution in [-0.2, 0) is 0 Å². The van der Waals surface area contributed by atoms with Gasteiger partial charge in [-0.25, -0.2) is 9.42 Å². The Balaban J connectivity index is 2.80. The molecule has 1 aromatic heterocycles. The number of carbonyl (C=O) groups is 1. The standard InChI is InChI=1S/C8H6N2O3/c1-4-5(8(11)12)2-3-6-7(4)10-13-9-6/h2-3H,1H3,(H,11,12). The highest BCUT2D eigenvalue weighted by Crippen LogP contribution is 2.18. The number of hydrogen-bond donors (Lipinski definition) is 1. The molecular formula is C8H6N2O3. The maximum atomic E-state index is 10.7. The van der Waals surface area contributed by atoms with Crippen molar-refractivity contribution in [3.05, 3.63) is 23.3 Å². The smallest absolute Gasteiger partial charge is 0.336 e. The Kier molecular flexibility index (Phi) is 1.51. The van der Waals surface area contributed by atoms with Gasteiger partial charge in [-0.3, -0.25) is 0 Å². The van der Waals surface area contributed by atoms with Crippen LogP contribution in [0, 0.1) is 6.92 Å². The van der Waals surface area contributed by atoms with Gasteiger partial charge in [-0.1, -0.05) is 0 Å². The number of aryl methyl sites for hydroxylation is 1. The first-order chi connectivity index (χ1) is 6.20. The molecule has 0 bridgehead atoms. The summed E-state index contributed by atoms with van der Waals surface area (Å²) in [4.78, 5) is 10.7. The number of hydrogen-bond acceptors (Lipinski definition) is 4. The topological polar surface area (TPSA) is 76.2 Å². The summed E-state index contributed by atoms with van der Waals surface area (Å²) in [5, 5.41) is 16.0. The average Bonchev–Trinajstić information content (AvgIpc) is 2.52. The number of aromatic nitrogens is 2. The summed E-state index contributed by atoms with van der Waals surface area (Å²) in [6.07, 6.45) is 0. The van der Waals surface area contributed by atoms with Gasteiger partial charge in [-0.05, 0) is 34.9 Å². The Bertz CT molecular complexity index is 475. The SMILES string of the molecule is Cc1c(C(=O)O)ccc2nonc12. The minimum Gasteiger partial charge on any atom is -0.478 e. The lowest BCUT2D eigenvalue weighted by Crippen LogP contribution is -1.99. The van der Waals surface area contributed by atoms with Crippen molar-refractivity contribution in [1.29, 1.82) is 0 Å². The van der Waals surface area contributed by atoms with Crippen molar-refractivity contribution >= 4 is 17.0 Å². The number of aromatic carboxylic acids is 1. The third kappa shape index (κ3) is 1.05. The first-order valence-corrected chi connectivity index (χ1v) is 3.65. The van der Waals surface area contributed by atoms with E-state index in [2.05, 4.69) is 14.9 Å². The highest BCUT2D eigenvalue weighted by Gasteiger charge is 2.12. The molecule has 66 valence electrons. The minimum absolute atomic E-state index is 0.225. The number of carboxylic acid groups (broad SMARTS) is 1. The van der Waals surface area contributed by atoms with E-state index in [4.69, 9.17) is 5.11 Å². The second kappa shape index (κ2) is 2.55. The molecule has 5 heteroatoms. The summed E-state index contributed by atoms with van der Waals surface area (Å²) in [5.74, 6) is -0.970. The molecule has 0 aliphatic rings. The van der Waals surface area contributed by atoms with E-state index in [-0.39, 0.29) is 5.56 Å². The van der Waals surface area contributed by atoms with Crippen molar-refractivity contribution in [1.82, 2.24) is 10.3 Å². The predicted octanol–water partition coefficient (Wildman–Crippen LogP) is 1.23. The number of nitrogens with zero attached hydrogens (tertiary/aromatic N) is 2. The molecule has 2 rings (SSSR count). The molecule has 0 saturated heterocycles. The maximum absolute atomic E-state index is 10.7. The van der Waals surface area contributed by atoms with Gasteiger partial charge in [0.15, 0.2) is 0 Å². The Hall–Kier alpha value is -1.91. The van der Waals surface area contributed by atoms with Gasteiger partial charge in [-0.2, -0.15) is 0 Å². The Labute approximate surface area is 72.9 Å². The fourth-order valence-electron chi connectivity index (χ4n) is 1.21. The Morgan fingerprint density at radius 2 is 2.23 bits per heavy atom. The first-order valence-electron chi connectivity index (χ1n) is 3.65. The monoisotopic (exact) mass is 178 g/mol. The molecule has 0 aliphatic carbocycles.